The summed E-state index contributed by atoms with van der Waals surface area (Å²) in [6.45, 7) is 0. The van der Waals surface area contributed by atoms with E-state index in [2.05, 4.69) is 10.2 Å². The molecule has 29 heavy (non-hydrogen) atoms. The Labute approximate surface area is 179 Å². The largest absolute Gasteiger partial charge is 0.326 e. The summed E-state index contributed by atoms with van der Waals surface area (Å²) in [4.78, 5) is 32.3. The van der Waals surface area contributed by atoms with Gasteiger partial charge >= 0.3 is 0 Å². The van der Waals surface area contributed by atoms with Gasteiger partial charge in [-0.2, -0.15) is 0 Å². The molecule has 0 aromatic heterocycles. The number of hydrogen-bond donors (Lipinski definition) is 1. The van der Waals surface area contributed by atoms with Crippen molar-refractivity contribution in [3.05, 3.63) is 54.1 Å². The van der Waals surface area contributed by atoms with E-state index in [9.17, 15) is 9.59 Å². The number of thioether (sulfide) groups is 2. The number of anilines is 2. The van der Waals surface area contributed by atoms with Crippen molar-refractivity contribution in [1.82, 2.24) is 4.90 Å². The fourth-order valence-electron chi connectivity index (χ4n) is 5.12. The lowest BCUT2D eigenvalue weighted by Crippen LogP contribution is -2.54. The molecule has 2 fully saturated rings. The van der Waals surface area contributed by atoms with Crippen LogP contribution in [0.1, 0.15) is 12.0 Å². The van der Waals surface area contributed by atoms with E-state index in [0.29, 0.717) is 6.42 Å². The van der Waals surface area contributed by atoms with Crippen LogP contribution >= 0.6 is 23.5 Å². The fraction of sp³-hybridized carbons (Fsp3) is 0.364. The van der Waals surface area contributed by atoms with Gasteiger partial charge < -0.3 is 10.2 Å². The molecule has 2 saturated heterocycles. The van der Waals surface area contributed by atoms with Gasteiger partial charge in [0.25, 0.3) is 5.91 Å². The van der Waals surface area contributed by atoms with E-state index in [4.69, 9.17) is 0 Å². The number of benzene rings is 2. The van der Waals surface area contributed by atoms with Crippen molar-refractivity contribution in [2.75, 3.05) is 35.1 Å². The van der Waals surface area contributed by atoms with Crippen LogP contribution < -0.4 is 10.2 Å². The van der Waals surface area contributed by atoms with Gasteiger partial charge in [0.05, 0.1) is 5.92 Å². The number of rotatable bonds is 3. The monoisotopic (exact) mass is 425 g/mol. The fourth-order valence-corrected chi connectivity index (χ4v) is 6.88. The molecule has 0 aliphatic carbocycles. The first kappa shape index (κ1) is 19.0. The SMILES string of the molecule is CSc1cccc(NC(=O)[C@@H]2C[C@@H]3CSCN3[C@]23C(=O)N(C)c2ccccc23)c1. The molecule has 5 nitrogen and oxygen atoms in total. The van der Waals surface area contributed by atoms with E-state index in [0.717, 1.165) is 33.5 Å². The maximum absolute atomic E-state index is 13.7. The molecule has 5 rings (SSSR count). The Balaban J connectivity index is 1.57. The molecule has 1 N–H and O–H groups in total. The van der Waals surface area contributed by atoms with Crippen LogP contribution in [0.2, 0.25) is 0 Å². The molecule has 2 aromatic rings. The molecule has 0 radical (unpaired) electrons. The number of carbonyl (C=O) groups is 2. The molecule has 3 aliphatic rings. The number of likely N-dealkylation sites (N-methyl/N-ethyl adjacent to an activating group) is 1. The van der Waals surface area contributed by atoms with Gasteiger partial charge in [-0.1, -0.05) is 24.3 Å². The van der Waals surface area contributed by atoms with Crippen LogP contribution in [0.4, 0.5) is 11.4 Å². The van der Waals surface area contributed by atoms with Crippen LogP contribution in [0, 0.1) is 5.92 Å². The molecular weight excluding hydrogens is 402 g/mol. The van der Waals surface area contributed by atoms with Crippen molar-refractivity contribution in [1.29, 1.82) is 0 Å². The Kier molecular flexibility index (Phi) is 4.64. The summed E-state index contributed by atoms with van der Waals surface area (Å²) in [5.41, 5.74) is 1.76. The summed E-state index contributed by atoms with van der Waals surface area (Å²) in [5, 5.41) is 3.11. The third-order valence-electron chi connectivity index (χ3n) is 6.41. The van der Waals surface area contributed by atoms with Crippen LogP contribution in [0.25, 0.3) is 0 Å². The summed E-state index contributed by atoms with van der Waals surface area (Å²) in [7, 11) is 1.82. The molecule has 1 spiro atoms. The molecule has 2 aromatic carbocycles. The van der Waals surface area contributed by atoms with Gasteiger partial charge in [-0.25, -0.2) is 0 Å². The van der Waals surface area contributed by atoms with Crippen molar-refractivity contribution in [3.63, 3.8) is 0 Å². The zero-order chi connectivity index (χ0) is 20.2. The number of hydrogen-bond acceptors (Lipinski definition) is 5. The van der Waals surface area contributed by atoms with Crippen molar-refractivity contribution in [3.8, 4) is 0 Å². The Hall–Kier alpha value is -1.96. The lowest BCUT2D eigenvalue weighted by atomic mass is 9.79. The molecule has 3 aliphatic heterocycles. The maximum atomic E-state index is 13.7. The number of nitrogens with zero attached hydrogens (tertiary/aromatic N) is 2. The van der Waals surface area contributed by atoms with E-state index in [1.807, 2.05) is 73.6 Å². The number of nitrogens with one attached hydrogen (secondary N) is 1. The van der Waals surface area contributed by atoms with Gasteiger partial charge in [0.2, 0.25) is 5.91 Å². The molecule has 0 saturated carbocycles. The summed E-state index contributed by atoms with van der Waals surface area (Å²) in [6.07, 6.45) is 2.72. The normalized spacial score (nSPS) is 28.1. The first-order valence-corrected chi connectivity index (χ1v) is 12.1. The first-order chi connectivity index (χ1) is 14.1. The topological polar surface area (TPSA) is 52.7 Å². The second kappa shape index (κ2) is 7.07. The van der Waals surface area contributed by atoms with Crippen molar-refractivity contribution in [2.45, 2.75) is 22.9 Å². The molecule has 7 heteroatoms. The average molecular weight is 426 g/mol. The predicted molar refractivity (Wildman–Crippen MR) is 119 cm³/mol. The third kappa shape index (κ3) is 2.67. The van der Waals surface area contributed by atoms with Crippen molar-refractivity contribution >= 4 is 46.7 Å². The summed E-state index contributed by atoms with van der Waals surface area (Å²) >= 11 is 3.49. The van der Waals surface area contributed by atoms with Crippen molar-refractivity contribution < 1.29 is 9.59 Å². The Morgan fingerprint density at radius 2 is 2.07 bits per heavy atom. The minimum absolute atomic E-state index is 0.0155. The molecule has 3 heterocycles. The van der Waals surface area contributed by atoms with Crippen molar-refractivity contribution in [2.24, 2.45) is 5.92 Å². The van der Waals surface area contributed by atoms with Crippen LogP contribution in [0.15, 0.2) is 53.4 Å². The maximum Gasteiger partial charge on any atom is 0.252 e. The molecule has 3 atom stereocenters. The van der Waals surface area contributed by atoms with Gasteiger partial charge in [-0.05, 0) is 36.9 Å². The van der Waals surface area contributed by atoms with Gasteiger partial charge in [-0.15, -0.1) is 23.5 Å². The van der Waals surface area contributed by atoms with E-state index in [1.165, 1.54) is 0 Å². The zero-order valence-electron chi connectivity index (χ0n) is 16.4. The highest BCUT2D eigenvalue weighted by Crippen LogP contribution is 2.57. The number of amides is 2. The van der Waals surface area contributed by atoms with Gasteiger partial charge in [0.1, 0.15) is 5.54 Å². The second-order valence-corrected chi connectivity index (χ2v) is 9.66. The molecule has 2 amide bonds. The van der Waals surface area contributed by atoms with Gasteiger partial charge in [-0.3, -0.25) is 14.5 Å². The minimum atomic E-state index is -0.902. The van der Waals surface area contributed by atoms with Crippen LogP contribution in [-0.4, -0.2) is 47.7 Å². The van der Waals surface area contributed by atoms with E-state index < -0.39 is 11.5 Å². The van der Waals surface area contributed by atoms with Gasteiger partial charge in [0, 0.05) is 46.6 Å². The molecule has 0 unspecified atom stereocenters. The van der Waals surface area contributed by atoms with E-state index in [1.54, 1.807) is 16.7 Å². The van der Waals surface area contributed by atoms with Crippen LogP contribution in [0.3, 0.4) is 0 Å². The number of para-hydroxylation sites is 1. The highest BCUT2D eigenvalue weighted by molar-refractivity contribution is 7.99. The van der Waals surface area contributed by atoms with Crippen LogP contribution in [0.5, 0.6) is 0 Å². The number of fused-ring (bicyclic) bond motifs is 4. The quantitative estimate of drug-likeness (QED) is 0.762. The Morgan fingerprint density at radius 3 is 2.90 bits per heavy atom. The lowest BCUT2D eigenvalue weighted by molar-refractivity contribution is -0.136. The smallest absolute Gasteiger partial charge is 0.252 e. The van der Waals surface area contributed by atoms with E-state index in [-0.39, 0.29) is 17.9 Å². The third-order valence-corrected chi connectivity index (χ3v) is 8.21. The lowest BCUT2D eigenvalue weighted by Gasteiger charge is -2.36. The highest BCUT2D eigenvalue weighted by atomic mass is 32.2. The summed E-state index contributed by atoms with van der Waals surface area (Å²) < 4.78 is 0. The predicted octanol–water partition coefficient (Wildman–Crippen LogP) is 3.61. The minimum Gasteiger partial charge on any atom is -0.326 e. The molecular formula is C22H23N3O2S2. The summed E-state index contributed by atoms with van der Waals surface area (Å²) in [6, 6.07) is 16.0. The second-order valence-electron chi connectivity index (χ2n) is 7.78. The number of carbonyl (C=O) groups excluding carboxylic acids is 2. The molecule has 0 bridgehead atoms. The highest BCUT2D eigenvalue weighted by Gasteiger charge is 2.66. The molecule has 150 valence electrons. The summed E-state index contributed by atoms with van der Waals surface area (Å²) in [5.74, 6) is 1.28. The van der Waals surface area contributed by atoms with Crippen LogP contribution in [-0.2, 0) is 15.1 Å². The Morgan fingerprint density at radius 1 is 1.24 bits per heavy atom. The average Bonchev–Trinajstić information content (AvgIpc) is 3.38. The van der Waals surface area contributed by atoms with Gasteiger partial charge in [0.15, 0.2) is 0 Å². The zero-order valence-corrected chi connectivity index (χ0v) is 18.1. The Bertz CT molecular complexity index is 998. The first-order valence-electron chi connectivity index (χ1n) is 9.74. The standard InChI is InChI=1S/C22H23N3O2S2/c1-24-19-9-4-3-8-17(19)22(21(24)27)18(11-15-12-29-13-25(15)22)20(26)23-14-6-5-7-16(10-14)28-2/h3-10,15,18H,11-13H2,1-2H3,(H,23,26)/t15-,18+,22+/m1/s1. The van der Waals surface area contributed by atoms with E-state index >= 15 is 0 Å².